The van der Waals surface area contributed by atoms with Crippen molar-refractivity contribution in [3.05, 3.63) is 29.8 Å². The zero-order valence-electron chi connectivity index (χ0n) is 11.9. The second-order valence-electron chi connectivity index (χ2n) is 5.21. The highest BCUT2D eigenvalue weighted by atomic mass is 16.4. The number of benzene rings is 1. The van der Waals surface area contributed by atoms with Gasteiger partial charge < -0.3 is 16.2 Å². The van der Waals surface area contributed by atoms with Crippen LogP contribution in [0.2, 0.25) is 0 Å². The third kappa shape index (κ3) is 5.30. The third-order valence-electron chi connectivity index (χ3n) is 3.22. The number of nitrogens with two attached hydrogens (primary N) is 1. The quantitative estimate of drug-likeness (QED) is 0.663. The first-order valence-electron chi connectivity index (χ1n) is 6.74. The van der Waals surface area contributed by atoms with Gasteiger partial charge in [-0.05, 0) is 24.0 Å². The third-order valence-corrected chi connectivity index (χ3v) is 3.22. The van der Waals surface area contributed by atoms with E-state index in [4.69, 9.17) is 10.8 Å². The van der Waals surface area contributed by atoms with Crippen LogP contribution in [0, 0.1) is 5.92 Å². The molecule has 0 aromatic heterocycles. The number of amides is 1. The molecule has 0 fully saturated rings. The molecular weight excluding hydrogens is 256 g/mol. The smallest absolute Gasteiger partial charge is 0.305 e. The van der Waals surface area contributed by atoms with Crippen molar-refractivity contribution in [3.63, 3.8) is 0 Å². The molecule has 1 unspecified atom stereocenters. The lowest BCUT2D eigenvalue weighted by Crippen LogP contribution is -2.40. The highest BCUT2D eigenvalue weighted by Gasteiger charge is 2.19. The van der Waals surface area contributed by atoms with Crippen molar-refractivity contribution in [1.29, 1.82) is 0 Å². The molecule has 0 heterocycles. The Morgan fingerprint density at radius 2 is 1.95 bits per heavy atom. The number of carboxylic acid groups (broad SMARTS) is 1. The number of hydrogen-bond donors (Lipinski definition) is 3. The van der Waals surface area contributed by atoms with Crippen LogP contribution in [-0.4, -0.2) is 23.0 Å². The summed E-state index contributed by atoms with van der Waals surface area (Å²) in [5, 5.41) is 11.6. The van der Waals surface area contributed by atoms with Crippen LogP contribution >= 0.6 is 0 Å². The molecule has 1 aromatic carbocycles. The van der Waals surface area contributed by atoms with Crippen LogP contribution in [0.15, 0.2) is 24.3 Å². The van der Waals surface area contributed by atoms with Crippen LogP contribution in [-0.2, 0) is 16.0 Å². The van der Waals surface area contributed by atoms with Gasteiger partial charge in [0.15, 0.2) is 0 Å². The van der Waals surface area contributed by atoms with Gasteiger partial charge in [-0.1, -0.05) is 32.0 Å². The summed E-state index contributed by atoms with van der Waals surface area (Å²) in [5.41, 5.74) is 7.42. The van der Waals surface area contributed by atoms with Crippen LogP contribution in [0.5, 0.6) is 0 Å². The molecule has 4 N–H and O–H groups in total. The molecule has 20 heavy (non-hydrogen) atoms. The van der Waals surface area contributed by atoms with E-state index in [0.29, 0.717) is 18.5 Å². The lowest BCUT2D eigenvalue weighted by Gasteiger charge is -2.20. The summed E-state index contributed by atoms with van der Waals surface area (Å²) in [6.45, 7) is 3.78. The predicted molar refractivity (Wildman–Crippen MR) is 78.2 cm³/mol. The van der Waals surface area contributed by atoms with E-state index in [0.717, 1.165) is 5.56 Å². The van der Waals surface area contributed by atoms with Crippen molar-refractivity contribution in [1.82, 2.24) is 5.32 Å². The first-order chi connectivity index (χ1) is 9.40. The van der Waals surface area contributed by atoms with Gasteiger partial charge in [0.1, 0.15) is 0 Å². The molecule has 110 valence electrons. The molecule has 1 aromatic rings. The van der Waals surface area contributed by atoms with E-state index in [9.17, 15) is 9.59 Å². The van der Waals surface area contributed by atoms with Crippen molar-refractivity contribution in [3.8, 4) is 0 Å². The van der Waals surface area contributed by atoms with Gasteiger partial charge in [0.2, 0.25) is 5.91 Å². The van der Waals surface area contributed by atoms with Crippen LogP contribution in [0.4, 0.5) is 5.69 Å². The second-order valence-corrected chi connectivity index (χ2v) is 5.21. The SMILES string of the molecule is CC(C)C(CC(=O)O)NC(=O)CCc1ccccc1N. The summed E-state index contributed by atoms with van der Waals surface area (Å²) < 4.78 is 0. The molecule has 5 heteroatoms. The van der Waals surface area contributed by atoms with E-state index in [2.05, 4.69) is 5.32 Å². The number of nitrogens with one attached hydrogen (secondary N) is 1. The summed E-state index contributed by atoms with van der Waals surface area (Å²) in [6, 6.07) is 7.08. The van der Waals surface area contributed by atoms with Crippen LogP contribution in [0.25, 0.3) is 0 Å². The largest absolute Gasteiger partial charge is 0.481 e. The van der Waals surface area contributed by atoms with Crippen LogP contribution < -0.4 is 11.1 Å². The molecule has 0 saturated heterocycles. The summed E-state index contributed by atoms with van der Waals surface area (Å²) >= 11 is 0. The molecule has 0 bridgehead atoms. The van der Waals surface area contributed by atoms with E-state index < -0.39 is 5.97 Å². The standard InChI is InChI=1S/C15H22N2O3/c1-10(2)13(9-15(19)20)17-14(18)8-7-11-5-3-4-6-12(11)16/h3-6,10,13H,7-9,16H2,1-2H3,(H,17,18)(H,19,20). The highest BCUT2D eigenvalue weighted by Crippen LogP contribution is 2.13. The van der Waals surface area contributed by atoms with Crippen LogP contribution in [0.1, 0.15) is 32.3 Å². The molecule has 0 spiro atoms. The maximum Gasteiger partial charge on any atom is 0.305 e. The average Bonchev–Trinajstić information content (AvgIpc) is 2.36. The van der Waals surface area contributed by atoms with E-state index in [1.807, 2.05) is 32.0 Å². The van der Waals surface area contributed by atoms with Gasteiger partial charge >= 0.3 is 5.97 Å². The number of carbonyl (C=O) groups is 2. The van der Waals surface area contributed by atoms with Crippen molar-refractivity contribution < 1.29 is 14.7 Å². The Hall–Kier alpha value is -2.04. The fraction of sp³-hybridized carbons (Fsp3) is 0.467. The van der Waals surface area contributed by atoms with Gasteiger partial charge in [-0.3, -0.25) is 9.59 Å². The molecule has 0 aliphatic heterocycles. The van der Waals surface area contributed by atoms with Gasteiger partial charge in [0, 0.05) is 18.2 Å². The number of para-hydroxylation sites is 1. The monoisotopic (exact) mass is 278 g/mol. The molecule has 0 aliphatic rings. The number of nitrogen functional groups attached to an aromatic ring is 1. The maximum absolute atomic E-state index is 11.9. The number of aryl methyl sites for hydroxylation is 1. The van der Waals surface area contributed by atoms with E-state index in [1.54, 1.807) is 6.07 Å². The van der Waals surface area contributed by atoms with Crippen molar-refractivity contribution in [2.24, 2.45) is 5.92 Å². The number of carbonyl (C=O) groups excluding carboxylic acids is 1. The first kappa shape index (κ1) is 16.0. The van der Waals surface area contributed by atoms with Crippen molar-refractivity contribution in [2.75, 3.05) is 5.73 Å². The summed E-state index contributed by atoms with van der Waals surface area (Å²) in [6.07, 6.45) is 0.796. The molecular formula is C15H22N2O3. The molecule has 0 saturated carbocycles. The lowest BCUT2D eigenvalue weighted by molar-refractivity contribution is -0.138. The van der Waals surface area contributed by atoms with Crippen molar-refractivity contribution in [2.45, 2.75) is 39.2 Å². The Labute approximate surface area is 119 Å². The minimum absolute atomic E-state index is 0.0586. The predicted octanol–water partition coefficient (Wildman–Crippen LogP) is 1.82. The Morgan fingerprint density at radius 1 is 1.30 bits per heavy atom. The van der Waals surface area contributed by atoms with E-state index in [-0.39, 0.29) is 24.3 Å². The van der Waals surface area contributed by atoms with Gasteiger partial charge in [0.05, 0.1) is 6.42 Å². The molecule has 0 aliphatic carbocycles. The van der Waals surface area contributed by atoms with E-state index >= 15 is 0 Å². The Balaban J connectivity index is 2.50. The molecule has 1 amide bonds. The Morgan fingerprint density at radius 3 is 2.50 bits per heavy atom. The maximum atomic E-state index is 11.9. The fourth-order valence-electron chi connectivity index (χ4n) is 1.93. The van der Waals surface area contributed by atoms with Crippen LogP contribution in [0.3, 0.4) is 0 Å². The highest BCUT2D eigenvalue weighted by molar-refractivity contribution is 5.78. The Bertz CT molecular complexity index is 472. The second kappa shape index (κ2) is 7.53. The summed E-state index contributed by atoms with van der Waals surface area (Å²) in [7, 11) is 0. The van der Waals surface area contributed by atoms with Crippen molar-refractivity contribution >= 4 is 17.6 Å². The first-order valence-corrected chi connectivity index (χ1v) is 6.74. The molecule has 0 radical (unpaired) electrons. The zero-order chi connectivity index (χ0) is 15.1. The molecule has 5 nitrogen and oxygen atoms in total. The minimum Gasteiger partial charge on any atom is -0.481 e. The topological polar surface area (TPSA) is 92.4 Å². The summed E-state index contributed by atoms with van der Waals surface area (Å²) in [4.78, 5) is 22.6. The minimum atomic E-state index is -0.906. The number of carboxylic acids is 1. The average molecular weight is 278 g/mol. The van der Waals surface area contributed by atoms with Gasteiger partial charge in [0.25, 0.3) is 0 Å². The zero-order valence-corrected chi connectivity index (χ0v) is 11.9. The van der Waals surface area contributed by atoms with Gasteiger partial charge in [-0.2, -0.15) is 0 Å². The summed E-state index contributed by atoms with van der Waals surface area (Å²) in [5.74, 6) is -0.971. The fourth-order valence-corrected chi connectivity index (χ4v) is 1.93. The number of anilines is 1. The molecule has 1 rings (SSSR count). The van der Waals surface area contributed by atoms with Gasteiger partial charge in [-0.25, -0.2) is 0 Å². The van der Waals surface area contributed by atoms with E-state index in [1.165, 1.54) is 0 Å². The molecule has 1 atom stereocenters. The number of aliphatic carboxylic acids is 1. The van der Waals surface area contributed by atoms with Gasteiger partial charge in [-0.15, -0.1) is 0 Å². The lowest BCUT2D eigenvalue weighted by atomic mass is 10.0. The Kier molecular flexibility index (Phi) is 6.03. The normalized spacial score (nSPS) is 12.2. The number of rotatable bonds is 7. The number of hydrogen-bond acceptors (Lipinski definition) is 3.